The molecule has 18 heavy (non-hydrogen) atoms. The van der Waals surface area contributed by atoms with Crippen LogP contribution in [0.25, 0.3) is 0 Å². The van der Waals surface area contributed by atoms with Gasteiger partial charge in [-0.25, -0.2) is 0 Å². The third kappa shape index (κ3) is 2.70. The molecule has 1 aromatic rings. The summed E-state index contributed by atoms with van der Waals surface area (Å²) in [6.45, 7) is 5.21. The number of ether oxygens (including phenoxy) is 1. The van der Waals surface area contributed by atoms with Crippen LogP contribution in [0.3, 0.4) is 0 Å². The van der Waals surface area contributed by atoms with Gasteiger partial charge in [0.2, 0.25) is 0 Å². The second-order valence-electron chi connectivity index (χ2n) is 4.87. The van der Waals surface area contributed by atoms with Gasteiger partial charge in [0, 0.05) is 21.6 Å². The summed E-state index contributed by atoms with van der Waals surface area (Å²) < 4.78 is 5.12. The molecular weight excluding hydrogens is 256 g/mol. The molecule has 0 fully saturated rings. The van der Waals surface area contributed by atoms with Crippen LogP contribution >= 0.6 is 11.6 Å². The number of halogens is 1. The Kier molecular flexibility index (Phi) is 4.12. The summed E-state index contributed by atoms with van der Waals surface area (Å²) >= 11 is 6.07. The number of carboxylic acid groups (broad SMARTS) is 1. The normalized spacial score (nSPS) is 11.4. The number of carboxylic acids is 1. The maximum atomic E-state index is 10.9. The highest BCUT2D eigenvalue weighted by Crippen LogP contribution is 2.44. The highest BCUT2D eigenvalue weighted by atomic mass is 35.5. The first-order chi connectivity index (χ1) is 8.20. The van der Waals surface area contributed by atoms with Crippen molar-refractivity contribution in [3.8, 4) is 11.5 Å². The smallest absolute Gasteiger partial charge is 0.304 e. The van der Waals surface area contributed by atoms with Gasteiger partial charge in [-0.2, -0.15) is 0 Å². The molecular formula is C13H17ClO4. The number of aromatic hydroxyl groups is 1. The lowest BCUT2D eigenvalue weighted by molar-refractivity contribution is -0.138. The van der Waals surface area contributed by atoms with E-state index < -0.39 is 11.4 Å². The second-order valence-corrected chi connectivity index (χ2v) is 5.27. The topological polar surface area (TPSA) is 66.8 Å². The van der Waals surface area contributed by atoms with Crippen LogP contribution in [0.15, 0.2) is 6.07 Å². The molecule has 0 atom stereocenters. The molecule has 0 radical (unpaired) electrons. The van der Waals surface area contributed by atoms with Gasteiger partial charge in [-0.05, 0) is 13.0 Å². The minimum atomic E-state index is -0.935. The van der Waals surface area contributed by atoms with E-state index in [1.807, 2.05) is 0 Å². The van der Waals surface area contributed by atoms with Gasteiger partial charge in [0.25, 0.3) is 0 Å². The third-order valence-electron chi connectivity index (χ3n) is 2.97. The number of benzene rings is 1. The van der Waals surface area contributed by atoms with Crippen LogP contribution in [0.5, 0.6) is 11.5 Å². The van der Waals surface area contributed by atoms with Gasteiger partial charge in [-0.15, -0.1) is 0 Å². The zero-order valence-electron chi connectivity index (χ0n) is 10.9. The lowest BCUT2D eigenvalue weighted by Crippen LogP contribution is -2.22. The van der Waals surface area contributed by atoms with Gasteiger partial charge in [-0.1, -0.05) is 25.4 Å². The Balaban J connectivity index is 3.42. The quantitative estimate of drug-likeness (QED) is 0.884. The van der Waals surface area contributed by atoms with Crippen LogP contribution in [0.1, 0.15) is 31.4 Å². The van der Waals surface area contributed by atoms with Crippen molar-refractivity contribution < 1.29 is 19.7 Å². The first-order valence-electron chi connectivity index (χ1n) is 5.49. The van der Waals surface area contributed by atoms with E-state index in [0.29, 0.717) is 16.1 Å². The number of hydrogen-bond donors (Lipinski definition) is 2. The van der Waals surface area contributed by atoms with Crippen LogP contribution in [0, 0.1) is 6.92 Å². The zero-order chi connectivity index (χ0) is 14.1. The predicted molar refractivity (Wildman–Crippen MR) is 69.7 cm³/mol. The van der Waals surface area contributed by atoms with Gasteiger partial charge in [0.15, 0.2) is 11.5 Å². The summed E-state index contributed by atoms with van der Waals surface area (Å²) in [5.41, 5.74) is 0.365. The Morgan fingerprint density at radius 3 is 2.50 bits per heavy atom. The molecule has 0 aliphatic carbocycles. The summed E-state index contributed by atoms with van der Waals surface area (Å²) in [6, 6.07) is 1.59. The van der Waals surface area contributed by atoms with Crippen molar-refractivity contribution in [2.75, 3.05) is 7.11 Å². The van der Waals surface area contributed by atoms with E-state index in [0.717, 1.165) is 0 Å². The second kappa shape index (κ2) is 5.06. The molecule has 0 aliphatic heterocycles. The molecule has 0 unspecified atom stereocenters. The summed E-state index contributed by atoms with van der Waals surface area (Å²) in [7, 11) is 1.44. The van der Waals surface area contributed by atoms with Crippen LogP contribution in [0.2, 0.25) is 5.02 Å². The van der Waals surface area contributed by atoms with Crippen molar-refractivity contribution in [3.63, 3.8) is 0 Å². The fraction of sp³-hybridized carbons (Fsp3) is 0.462. The Morgan fingerprint density at radius 2 is 2.06 bits per heavy atom. The number of rotatable bonds is 4. The van der Waals surface area contributed by atoms with Crippen molar-refractivity contribution in [3.05, 3.63) is 22.2 Å². The number of methoxy groups -OCH3 is 1. The third-order valence-corrected chi connectivity index (χ3v) is 3.36. The maximum absolute atomic E-state index is 10.9. The van der Waals surface area contributed by atoms with Crippen molar-refractivity contribution in [1.82, 2.24) is 0 Å². The molecule has 100 valence electrons. The summed E-state index contributed by atoms with van der Waals surface area (Å²) in [6.07, 6.45) is -0.108. The number of aliphatic carboxylic acids is 1. The number of phenolic OH excluding ortho intramolecular Hbond substituents is 1. The average molecular weight is 273 g/mol. The fourth-order valence-electron chi connectivity index (χ4n) is 1.95. The molecule has 4 nitrogen and oxygen atoms in total. The van der Waals surface area contributed by atoms with Crippen LogP contribution < -0.4 is 4.74 Å². The highest BCUT2D eigenvalue weighted by Gasteiger charge is 2.30. The van der Waals surface area contributed by atoms with E-state index in [9.17, 15) is 9.90 Å². The van der Waals surface area contributed by atoms with E-state index in [4.69, 9.17) is 21.4 Å². The zero-order valence-corrected chi connectivity index (χ0v) is 11.6. The molecule has 2 N–H and O–H groups in total. The monoisotopic (exact) mass is 272 g/mol. The first kappa shape index (κ1) is 14.6. The Morgan fingerprint density at radius 1 is 1.50 bits per heavy atom. The van der Waals surface area contributed by atoms with Crippen molar-refractivity contribution in [2.45, 2.75) is 32.6 Å². The molecule has 0 saturated heterocycles. The standard InChI is InChI=1S/C13H17ClO4/c1-7-9(14)5-8(11(17)12(7)18-4)13(2,3)6-10(15)16/h5,17H,6H2,1-4H3,(H,15,16). The van der Waals surface area contributed by atoms with E-state index in [2.05, 4.69) is 0 Å². The Bertz CT molecular complexity index is 480. The average Bonchev–Trinajstić information content (AvgIpc) is 2.22. The molecule has 1 rings (SSSR count). The molecule has 0 saturated carbocycles. The highest BCUT2D eigenvalue weighted by molar-refractivity contribution is 6.31. The van der Waals surface area contributed by atoms with Crippen molar-refractivity contribution >= 4 is 17.6 Å². The number of carbonyl (C=O) groups is 1. The van der Waals surface area contributed by atoms with Gasteiger partial charge in [0.1, 0.15) is 0 Å². The largest absolute Gasteiger partial charge is 0.504 e. The van der Waals surface area contributed by atoms with Crippen LogP contribution in [-0.2, 0) is 10.2 Å². The molecule has 0 amide bonds. The van der Waals surface area contributed by atoms with Gasteiger partial charge < -0.3 is 14.9 Å². The number of hydrogen-bond acceptors (Lipinski definition) is 3. The summed E-state index contributed by atoms with van der Waals surface area (Å²) in [4.78, 5) is 10.9. The van der Waals surface area contributed by atoms with E-state index in [-0.39, 0.29) is 17.9 Å². The molecule has 5 heteroatoms. The van der Waals surface area contributed by atoms with Crippen molar-refractivity contribution in [1.29, 1.82) is 0 Å². The van der Waals surface area contributed by atoms with Crippen LogP contribution in [-0.4, -0.2) is 23.3 Å². The van der Waals surface area contributed by atoms with E-state index in [1.165, 1.54) is 7.11 Å². The van der Waals surface area contributed by atoms with E-state index >= 15 is 0 Å². The predicted octanol–water partition coefficient (Wildman–Crippen LogP) is 3.11. The number of phenols is 1. The van der Waals surface area contributed by atoms with Crippen molar-refractivity contribution in [2.24, 2.45) is 0 Å². The Labute approximate surface area is 111 Å². The van der Waals surface area contributed by atoms with Gasteiger partial charge in [-0.3, -0.25) is 4.79 Å². The molecule has 0 aromatic heterocycles. The van der Waals surface area contributed by atoms with E-state index in [1.54, 1.807) is 26.8 Å². The maximum Gasteiger partial charge on any atom is 0.304 e. The SMILES string of the molecule is COc1c(C)c(Cl)cc(C(C)(C)CC(=O)O)c1O. The summed E-state index contributed by atoms with van der Waals surface area (Å²) in [5.74, 6) is -0.698. The van der Waals surface area contributed by atoms with Gasteiger partial charge >= 0.3 is 5.97 Å². The minimum absolute atomic E-state index is 0.0503. The lowest BCUT2D eigenvalue weighted by Gasteiger charge is -2.26. The lowest BCUT2D eigenvalue weighted by atomic mass is 9.80. The minimum Gasteiger partial charge on any atom is -0.504 e. The molecule has 1 aromatic carbocycles. The molecule has 0 heterocycles. The fourth-order valence-corrected chi connectivity index (χ4v) is 2.15. The molecule has 0 spiro atoms. The van der Waals surface area contributed by atoms with Gasteiger partial charge in [0.05, 0.1) is 13.5 Å². The molecule has 0 aliphatic rings. The van der Waals surface area contributed by atoms with Crippen LogP contribution in [0.4, 0.5) is 0 Å². The summed E-state index contributed by atoms with van der Waals surface area (Å²) in [5, 5.41) is 19.5. The Hall–Kier alpha value is -1.42. The first-order valence-corrected chi connectivity index (χ1v) is 5.87. The molecule has 0 bridgehead atoms.